The molecule has 104 valence electrons. The highest BCUT2D eigenvalue weighted by atomic mass is 19.1. The molecule has 4 nitrogen and oxygen atoms in total. The number of β-amino-alcohol motifs (C(OH)–C–C–N with tert-alkyl or cyclic N) is 1. The standard InChI is InChI=1S/C14H13F2N3O/c15-9-1-2-12(16)11(5-9)13-6-10(20)8-19(13)14-7-17-3-4-18-14/h1-5,7,10,13,20H,6,8H2. The molecule has 2 atom stereocenters. The van der Waals surface area contributed by atoms with Crippen molar-refractivity contribution in [3.63, 3.8) is 0 Å². The van der Waals surface area contributed by atoms with Gasteiger partial charge in [-0.15, -0.1) is 0 Å². The third kappa shape index (κ3) is 2.34. The number of aromatic nitrogens is 2. The Bertz CT molecular complexity index is 609. The van der Waals surface area contributed by atoms with E-state index >= 15 is 0 Å². The molecule has 1 fully saturated rings. The van der Waals surface area contributed by atoms with Crippen molar-refractivity contribution in [1.29, 1.82) is 0 Å². The molecule has 0 aliphatic carbocycles. The monoisotopic (exact) mass is 277 g/mol. The van der Waals surface area contributed by atoms with E-state index in [-0.39, 0.29) is 5.56 Å². The van der Waals surface area contributed by atoms with Crippen LogP contribution in [-0.4, -0.2) is 27.7 Å². The molecular weight excluding hydrogens is 264 g/mol. The summed E-state index contributed by atoms with van der Waals surface area (Å²) in [7, 11) is 0. The van der Waals surface area contributed by atoms with Crippen LogP contribution in [0.1, 0.15) is 18.0 Å². The van der Waals surface area contributed by atoms with E-state index in [1.54, 1.807) is 11.1 Å². The van der Waals surface area contributed by atoms with Crippen LogP contribution in [0.15, 0.2) is 36.8 Å². The van der Waals surface area contributed by atoms with E-state index in [0.29, 0.717) is 18.8 Å². The number of benzene rings is 1. The van der Waals surface area contributed by atoms with Crippen LogP contribution < -0.4 is 4.90 Å². The number of aliphatic hydroxyl groups is 1. The summed E-state index contributed by atoms with van der Waals surface area (Å²) in [5.74, 6) is -0.445. The molecule has 0 radical (unpaired) electrons. The Balaban J connectivity index is 2.00. The van der Waals surface area contributed by atoms with Gasteiger partial charge >= 0.3 is 0 Å². The molecule has 3 rings (SSSR count). The SMILES string of the molecule is OC1CC(c2cc(F)ccc2F)N(c2cnccn2)C1. The topological polar surface area (TPSA) is 49.2 Å². The Morgan fingerprint density at radius 3 is 2.85 bits per heavy atom. The Hall–Kier alpha value is -2.08. The highest BCUT2D eigenvalue weighted by molar-refractivity contribution is 5.43. The van der Waals surface area contributed by atoms with Crippen molar-refractivity contribution >= 4 is 5.82 Å². The van der Waals surface area contributed by atoms with E-state index in [4.69, 9.17) is 0 Å². The third-order valence-electron chi connectivity index (χ3n) is 3.44. The molecule has 1 aromatic carbocycles. The van der Waals surface area contributed by atoms with Gasteiger partial charge in [0.1, 0.15) is 17.5 Å². The maximum Gasteiger partial charge on any atom is 0.147 e. The minimum absolute atomic E-state index is 0.229. The van der Waals surface area contributed by atoms with Gasteiger partial charge in [0, 0.05) is 24.5 Å². The van der Waals surface area contributed by atoms with Crippen molar-refractivity contribution in [2.75, 3.05) is 11.4 Å². The van der Waals surface area contributed by atoms with Gasteiger partial charge in [-0.1, -0.05) is 0 Å². The molecule has 2 aromatic rings. The normalized spacial score (nSPS) is 22.2. The van der Waals surface area contributed by atoms with Crippen molar-refractivity contribution < 1.29 is 13.9 Å². The minimum Gasteiger partial charge on any atom is -0.391 e. The minimum atomic E-state index is -0.607. The molecule has 1 saturated heterocycles. The molecule has 2 heterocycles. The van der Waals surface area contributed by atoms with Crippen molar-refractivity contribution in [2.24, 2.45) is 0 Å². The first-order valence-corrected chi connectivity index (χ1v) is 6.31. The number of rotatable bonds is 2. The number of hydrogen-bond acceptors (Lipinski definition) is 4. The Kier molecular flexibility index (Phi) is 3.31. The fourth-order valence-corrected chi connectivity index (χ4v) is 2.57. The van der Waals surface area contributed by atoms with Gasteiger partial charge < -0.3 is 10.0 Å². The first-order chi connectivity index (χ1) is 9.65. The van der Waals surface area contributed by atoms with Crippen LogP contribution in [0.4, 0.5) is 14.6 Å². The number of nitrogens with zero attached hydrogens (tertiary/aromatic N) is 3. The third-order valence-corrected chi connectivity index (χ3v) is 3.44. The van der Waals surface area contributed by atoms with Gasteiger partial charge in [-0.3, -0.25) is 4.98 Å². The number of aliphatic hydroxyl groups excluding tert-OH is 1. The maximum absolute atomic E-state index is 13.9. The molecule has 1 N–H and O–H groups in total. The first-order valence-electron chi connectivity index (χ1n) is 6.31. The lowest BCUT2D eigenvalue weighted by atomic mass is 10.0. The quantitative estimate of drug-likeness (QED) is 0.913. The summed E-state index contributed by atoms with van der Waals surface area (Å²) in [5.41, 5.74) is 0.229. The second-order valence-electron chi connectivity index (χ2n) is 4.79. The van der Waals surface area contributed by atoms with Crippen molar-refractivity contribution in [3.8, 4) is 0 Å². The molecule has 1 aliphatic heterocycles. The summed E-state index contributed by atoms with van der Waals surface area (Å²) >= 11 is 0. The molecular formula is C14H13F2N3O. The predicted octanol–water partition coefficient (Wildman–Crippen LogP) is 2.07. The largest absolute Gasteiger partial charge is 0.391 e. The lowest BCUT2D eigenvalue weighted by Crippen LogP contribution is -2.25. The number of halogens is 2. The summed E-state index contributed by atoms with van der Waals surface area (Å²) < 4.78 is 27.3. The Morgan fingerprint density at radius 2 is 2.10 bits per heavy atom. The Labute approximate surface area is 114 Å². The average molecular weight is 277 g/mol. The van der Waals surface area contributed by atoms with E-state index in [0.717, 1.165) is 12.1 Å². The highest BCUT2D eigenvalue weighted by Gasteiger charge is 2.34. The predicted molar refractivity (Wildman–Crippen MR) is 69.1 cm³/mol. The molecule has 6 heteroatoms. The summed E-state index contributed by atoms with van der Waals surface area (Å²) in [6, 6.07) is 2.90. The molecule has 0 bridgehead atoms. The van der Waals surface area contributed by atoms with Crippen molar-refractivity contribution in [2.45, 2.75) is 18.6 Å². The molecule has 2 unspecified atom stereocenters. The van der Waals surface area contributed by atoms with Gasteiger partial charge in [-0.25, -0.2) is 13.8 Å². The molecule has 0 saturated carbocycles. The van der Waals surface area contributed by atoms with Crippen LogP contribution in [0.5, 0.6) is 0 Å². The van der Waals surface area contributed by atoms with Gasteiger partial charge in [0.15, 0.2) is 0 Å². The fraction of sp³-hybridized carbons (Fsp3) is 0.286. The zero-order valence-electron chi connectivity index (χ0n) is 10.6. The van der Waals surface area contributed by atoms with E-state index in [9.17, 15) is 13.9 Å². The molecule has 1 aliphatic rings. The van der Waals surface area contributed by atoms with Gasteiger partial charge in [-0.2, -0.15) is 0 Å². The summed E-state index contributed by atoms with van der Waals surface area (Å²) in [4.78, 5) is 9.87. The summed E-state index contributed by atoms with van der Waals surface area (Å²) in [6.45, 7) is 0.319. The number of hydrogen-bond donors (Lipinski definition) is 1. The molecule has 1 aromatic heterocycles. The van der Waals surface area contributed by atoms with Crippen LogP contribution in [0.25, 0.3) is 0 Å². The van der Waals surface area contributed by atoms with Gasteiger partial charge in [0.2, 0.25) is 0 Å². The van der Waals surface area contributed by atoms with Crippen molar-refractivity contribution in [1.82, 2.24) is 9.97 Å². The molecule has 20 heavy (non-hydrogen) atoms. The fourth-order valence-electron chi connectivity index (χ4n) is 2.57. The first kappa shape index (κ1) is 12.9. The van der Waals surface area contributed by atoms with Gasteiger partial charge in [-0.05, 0) is 24.6 Å². The zero-order valence-corrected chi connectivity index (χ0v) is 10.6. The smallest absolute Gasteiger partial charge is 0.147 e. The van der Waals surface area contributed by atoms with Crippen molar-refractivity contribution in [3.05, 3.63) is 54.0 Å². The van der Waals surface area contributed by atoms with E-state index in [2.05, 4.69) is 9.97 Å². The van der Waals surface area contributed by atoms with Crippen LogP contribution in [0.2, 0.25) is 0 Å². The highest BCUT2D eigenvalue weighted by Crippen LogP contribution is 2.36. The second-order valence-corrected chi connectivity index (χ2v) is 4.79. The number of anilines is 1. The van der Waals surface area contributed by atoms with E-state index in [1.165, 1.54) is 18.5 Å². The second kappa shape index (κ2) is 5.13. The van der Waals surface area contributed by atoms with Crippen LogP contribution >= 0.6 is 0 Å². The van der Waals surface area contributed by atoms with Gasteiger partial charge in [0.05, 0.1) is 18.3 Å². The summed E-state index contributed by atoms with van der Waals surface area (Å²) in [5, 5.41) is 9.85. The van der Waals surface area contributed by atoms with Crippen LogP contribution in [-0.2, 0) is 0 Å². The van der Waals surface area contributed by atoms with Crippen LogP contribution in [0, 0.1) is 11.6 Å². The maximum atomic E-state index is 13.9. The lowest BCUT2D eigenvalue weighted by molar-refractivity contribution is 0.194. The van der Waals surface area contributed by atoms with E-state index in [1.807, 2.05) is 0 Å². The van der Waals surface area contributed by atoms with Gasteiger partial charge in [0.25, 0.3) is 0 Å². The molecule has 0 amide bonds. The van der Waals surface area contributed by atoms with E-state index < -0.39 is 23.8 Å². The molecule has 0 spiro atoms. The zero-order chi connectivity index (χ0) is 14.1. The Morgan fingerprint density at radius 1 is 1.25 bits per heavy atom. The summed E-state index contributed by atoms with van der Waals surface area (Å²) in [6.07, 6.45) is 4.33. The lowest BCUT2D eigenvalue weighted by Gasteiger charge is -2.25. The van der Waals surface area contributed by atoms with Crippen LogP contribution in [0.3, 0.4) is 0 Å². The average Bonchev–Trinajstić information content (AvgIpc) is 2.84.